The summed E-state index contributed by atoms with van der Waals surface area (Å²) in [5.41, 5.74) is 6.26. The molecule has 0 spiro atoms. The number of hydrogen-bond acceptors (Lipinski definition) is 5. The second kappa shape index (κ2) is 7.98. The summed E-state index contributed by atoms with van der Waals surface area (Å²) < 4.78 is 7.05. The first-order valence-corrected chi connectivity index (χ1v) is 7.72. The molecular formula is C15H20N4O2S. The molecule has 0 saturated carbocycles. The van der Waals surface area contributed by atoms with Crippen molar-refractivity contribution < 1.29 is 9.53 Å². The Balaban J connectivity index is 1.91. The molecule has 2 rings (SSSR count). The average Bonchev–Trinajstić information content (AvgIpc) is 2.92. The van der Waals surface area contributed by atoms with Gasteiger partial charge in [-0.1, -0.05) is 11.8 Å². The monoisotopic (exact) mass is 320 g/mol. The Bertz CT molecular complexity index is 608. The van der Waals surface area contributed by atoms with Crippen LogP contribution in [0.2, 0.25) is 0 Å². The smallest absolute Gasteiger partial charge is 0.227 e. The van der Waals surface area contributed by atoms with Gasteiger partial charge in [0, 0.05) is 43.7 Å². The van der Waals surface area contributed by atoms with Gasteiger partial charge in [-0.05, 0) is 24.3 Å². The van der Waals surface area contributed by atoms with E-state index in [2.05, 4.69) is 10.3 Å². The van der Waals surface area contributed by atoms with Crippen LogP contribution in [0.3, 0.4) is 0 Å². The second-order valence-corrected chi connectivity index (χ2v) is 5.83. The third-order valence-corrected chi connectivity index (χ3v) is 4.22. The van der Waals surface area contributed by atoms with E-state index in [1.807, 2.05) is 42.1 Å². The van der Waals surface area contributed by atoms with E-state index >= 15 is 0 Å². The minimum absolute atomic E-state index is 0.109. The molecule has 1 unspecified atom stereocenters. The maximum absolute atomic E-state index is 11.9. The highest BCUT2D eigenvalue weighted by atomic mass is 32.2. The van der Waals surface area contributed by atoms with E-state index in [0.29, 0.717) is 6.54 Å². The third kappa shape index (κ3) is 4.59. The van der Waals surface area contributed by atoms with Gasteiger partial charge in [0.15, 0.2) is 5.16 Å². The number of hydrogen-bond donors (Lipinski definition) is 2. The summed E-state index contributed by atoms with van der Waals surface area (Å²) in [5, 5.41) is 3.75. The van der Waals surface area contributed by atoms with Gasteiger partial charge in [-0.15, -0.1) is 0 Å². The molecule has 1 aromatic carbocycles. The Hall–Kier alpha value is -1.83. The number of aryl methyl sites for hydroxylation is 1. The maximum atomic E-state index is 11.9. The Morgan fingerprint density at radius 2 is 2.18 bits per heavy atom. The number of ether oxygens (including phenoxy) is 1. The number of imidazole rings is 1. The fraction of sp³-hybridized carbons (Fsp3) is 0.333. The molecule has 1 heterocycles. The Morgan fingerprint density at radius 1 is 1.45 bits per heavy atom. The second-order valence-electron chi connectivity index (χ2n) is 4.79. The van der Waals surface area contributed by atoms with Gasteiger partial charge < -0.3 is 20.4 Å². The van der Waals surface area contributed by atoms with Gasteiger partial charge in [0.1, 0.15) is 0 Å². The summed E-state index contributed by atoms with van der Waals surface area (Å²) in [7, 11) is 3.50. The fourth-order valence-corrected chi connectivity index (χ4v) is 2.65. The van der Waals surface area contributed by atoms with E-state index in [1.54, 1.807) is 25.1 Å². The molecule has 0 saturated heterocycles. The number of methoxy groups -OCH3 is 1. The zero-order chi connectivity index (χ0) is 15.9. The number of benzene rings is 1. The lowest BCUT2D eigenvalue weighted by Gasteiger charge is -2.12. The van der Waals surface area contributed by atoms with Gasteiger partial charge in [0.2, 0.25) is 5.91 Å². The topological polar surface area (TPSA) is 82.2 Å². The molecule has 22 heavy (non-hydrogen) atoms. The number of carbonyl (C=O) groups excluding carboxylic acids is 1. The van der Waals surface area contributed by atoms with Crippen LogP contribution < -0.4 is 11.1 Å². The summed E-state index contributed by atoms with van der Waals surface area (Å²) in [5.74, 6) is -0.109. The van der Waals surface area contributed by atoms with Crippen molar-refractivity contribution in [3.63, 3.8) is 0 Å². The Kier molecular flexibility index (Phi) is 6.00. The lowest BCUT2D eigenvalue weighted by molar-refractivity contribution is -0.118. The fourth-order valence-electron chi connectivity index (χ4n) is 1.84. The van der Waals surface area contributed by atoms with Crippen molar-refractivity contribution >= 4 is 23.4 Å². The minimum atomic E-state index is -0.252. The van der Waals surface area contributed by atoms with E-state index in [-0.39, 0.29) is 18.4 Å². The van der Waals surface area contributed by atoms with Crippen LogP contribution in [-0.4, -0.2) is 35.2 Å². The van der Waals surface area contributed by atoms with Crippen molar-refractivity contribution in [3.8, 4) is 0 Å². The molecule has 0 bridgehead atoms. The molecule has 7 heteroatoms. The molecule has 0 aliphatic carbocycles. The molecule has 1 atom stereocenters. The molecule has 0 fully saturated rings. The predicted octanol–water partition coefficient (Wildman–Crippen LogP) is 1.87. The van der Waals surface area contributed by atoms with Crippen LogP contribution >= 0.6 is 11.8 Å². The van der Waals surface area contributed by atoms with Crippen LogP contribution in [0, 0.1) is 0 Å². The van der Waals surface area contributed by atoms with Gasteiger partial charge in [-0.3, -0.25) is 4.79 Å². The van der Waals surface area contributed by atoms with E-state index in [9.17, 15) is 4.79 Å². The molecule has 0 aliphatic rings. The summed E-state index contributed by atoms with van der Waals surface area (Å²) >= 11 is 1.57. The lowest BCUT2D eigenvalue weighted by atomic mass is 10.2. The number of carbonyl (C=O) groups is 1. The SMILES string of the molecule is COC(CN)CC(=O)Nc1ccc(Sc2nccn2C)cc1. The van der Waals surface area contributed by atoms with Crippen molar-refractivity contribution in [2.24, 2.45) is 12.8 Å². The number of nitrogens with two attached hydrogens (primary N) is 1. The van der Waals surface area contributed by atoms with E-state index in [1.165, 1.54) is 0 Å². The minimum Gasteiger partial charge on any atom is -0.380 e. The van der Waals surface area contributed by atoms with Crippen LogP contribution in [0.1, 0.15) is 6.42 Å². The van der Waals surface area contributed by atoms with Crippen LogP contribution in [-0.2, 0) is 16.6 Å². The first-order valence-electron chi connectivity index (χ1n) is 6.90. The molecule has 118 valence electrons. The maximum Gasteiger partial charge on any atom is 0.227 e. The Labute approximate surface area is 134 Å². The first kappa shape index (κ1) is 16.5. The molecule has 2 aromatic rings. The summed E-state index contributed by atoms with van der Waals surface area (Å²) in [6, 6.07) is 7.64. The summed E-state index contributed by atoms with van der Waals surface area (Å²) in [4.78, 5) is 17.2. The molecule has 3 N–H and O–H groups in total. The zero-order valence-electron chi connectivity index (χ0n) is 12.7. The van der Waals surface area contributed by atoms with Gasteiger partial charge >= 0.3 is 0 Å². The first-order chi connectivity index (χ1) is 10.6. The standard InChI is InChI=1S/C15H20N4O2S/c1-19-8-7-17-15(19)22-13-5-3-11(4-6-13)18-14(20)9-12(10-16)21-2/h3-8,12H,9-10,16H2,1-2H3,(H,18,20). The van der Waals surface area contributed by atoms with Crippen LogP contribution in [0.5, 0.6) is 0 Å². The number of nitrogens with zero attached hydrogens (tertiary/aromatic N) is 2. The van der Waals surface area contributed by atoms with Crippen LogP contribution in [0.25, 0.3) is 0 Å². The zero-order valence-corrected chi connectivity index (χ0v) is 13.5. The number of rotatable bonds is 7. The van der Waals surface area contributed by atoms with Crippen molar-refractivity contribution in [1.29, 1.82) is 0 Å². The predicted molar refractivity (Wildman–Crippen MR) is 86.9 cm³/mol. The van der Waals surface area contributed by atoms with Crippen molar-refractivity contribution in [3.05, 3.63) is 36.7 Å². The third-order valence-electron chi connectivity index (χ3n) is 3.13. The van der Waals surface area contributed by atoms with E-state index in [0.717, 1.165) is 15.7 Å². The highest BCUT2D eigenvalue weighted by Crippen LogP contribution is 2.26. The van der Waals surface area contributed by atoms with Gasteiger partial charge in [0.25, 0.3) is 0 Å². The van der Waals surface area contributed by atoms with E-state index < -0.39 is 0 Å². The number of amides is 1. The molecule has 0 aliphatic heterocycles. The van der Waals surface area contributed by atoms with E-state index in [4.69, 9.17) is 10.5 Å². The largest absolute Gasteiger partial charge is 0.380 e. The Morgan fingerprint density at radius 3 is 2.73 bits per heavy atom. The highest BCUT2D eigenvalue weighted by molar-refractivity contribution is 7.99. The number of aromatic nitrogens is 2. The quantitative estimate of drug-likeness (QED) is 0.814. The van der Waals surface area contributed by atoms with Crippen molar-refractivity contribution in [2.45, 2.75) is 22.6 Å². The van der Waals surface area contributed by atoms with Crippen LogP contribution in [0.4, 0.5) is 5.69 Å². The molecule has 0 radical (unpaired) electrons. The highest BCUT2D eigenvalue weighted by Gasteiger charge is 2.11. The summed E-state index contributed by atoms with van der Waals surface area (Å²) in [6.45, 7) is 0.323. The molecule has 6 nitrogen and oxygen atoms in total. The molecule has 1 amide bonds. The molecule has 1 aromatic heterocycles. The average molecular weight is 320 g/mol. The van der Waals surface area contributed by atoms with Crippen molar-refractivity contribution in [1.82, 2.24) is 9.55 Å². The lowest BCUT2D eigenvalue weighted by Crippen LogP contribution is -2.28. The van der Waals surface area contributed by atoms with Crippen LogP contribution in [0.15, 0.2) is 46.7 Å². The van der Waals surface area contributed by atoms with Gasteiger partial charge in [0.05, 0.1) is 12.5 Å². The number of nitrogens with one attached hydrogen (secondary N) is 1. The number of anilines is 1. The summed E-state index contributed by atoms with van der Waals surface area (Å²) in [6.07, 6.45) is 3.66. The normalized spacial score (nSPS) is 12.1. The van der Waals surface area contributed by atoms with Crippen molar-refractivity contribution in [2.75, 3.05) is 19.0 Å². The van der Waals surface area contributed by atoms with Gasteiger partial charge in [-0.2, -0.15) is 0 Å². The molecular weight excluding hydrogens is 300 g/mol. The van der Waals surface area contributed by atoms with Gasteiger partial charge in [-0.25, -0.2) is 4.98 Å².